The first kappa shape index (κ1) is 15.3. The van der Waals surface area contributed by atoms with Gasteiger partial charge >= 0.3 is 0 Å². The number of hydrogen-bond acceptors (Lipinski definition) is 4. The summed E-state index contributed by atoms with van der Waals surface area (Å²) in [7, 11) is 2.19. The first-order valence-corrected chi connectivity index (χ1v) is 7.50. The van der Waals surface area contributed by atoms with Gasteiger partial charge in [0.2, 0.25) is 0 Å². The molecular formula is C16H27N3O. The fourth-order valence-corrected chi connectivity index (χ4v) is 2.48. The zero-order valence-electron chi connectivity index (χ0n) is 12.7. The maximum Gasteiger partial charge on any atom is 0.119 e. The van der Waals surface area contributed by atoms with Crippen LogP contribution in [0.1, 0.15) is 12.5 Å². The number of benzene rings is 1. The summed E-state index contributed by atoms with van der Waals surface area (Å²) >= 11 is 0. The van der Waals surface area contributed by atoms with Gasteiger partial charge in [0.05, 0.1) is 6.61 Å². The highest BCUT2D eigenvalue weighted by Gasteiger charge is 2.16. The van der Waals surface area contributed by atoms with Crippen LogP contribution in [0.3, 0.4) is 0 Å². The molecule has 1 saturated heterocycles. The fraction of sp³-hybridized carbons (Fsp3) is 0.625. The minimum Gasteiger partial charge on any atom is -0.493 e. The van der Waals surface area contributed by atoms with Crippen molar-refractivity contribution in [1.82, 2.24) is 9.80 Å². The maximum atomic E-state index is 5.85. The Bertz CT molecular complexity index is 385. The van der Waals surface area contributed by atoms with Gasteiger partial charge in [0.25, 0.3) is 0 Å². The number of piperazine rings is 1. The Kier molecular flexibility index (Phi) is 5.83. The Morgan fingerprint density at radius 2 is 1.80 bits per heavy atom. The molecule has 1 aromatic carbocycles. The Balaban J connectivity index is 1.70. The van der Waals surface area contributed by atoms with Gasteiger partial charge < -0.3 is 20.3 Å². The predicted molar refractivity (Wildman–Crippen MR) is 82.9 cm³/mol. The lowest BCUT2D eigenvalue weighted by atomic mass is 10.1. The highest BCUT2D eigenvalue weighted by atomic mass is 16.5. The van der Waals surface area contributed by atoms with E-state index in [4.69, 9.17) is 10.5 Å². The quantitative estimate of drug-likeness (QED) is 0.853. The van der Waals surface area contributed by atoms with Crippen molar-refractivity contribution >= 4 is 0 Å². The van der Waals surface area contributed by atoms with E-state index < -0.39 is 0 Å². The van der Waals surface area contributed by atoms with E-state index in [1.165, 1.54) is 26.2 Å². The van der Waals surface area contributed by atoms with Crippen LogP contribution in [0.2, 0.25) is 0 Å². The summed E-state index contributed by atoms with van der Waals surface area (Å²) < 4.78 is 5.85. The Hall–Kier alpha value is -1.10. The Labute approximate surface area is 122 Å². The molecule has 0 spiro atoms. The van der Waals surface area contributed by atoms with Crippen LogP contribution in [0.5, 0.6) is 5.75 Å². The molecule has 0 amide bonds. The number of rotatable bonds is 6. The molecule has 1 aliphatic rings. The van der Waals surface area contributed by atoms with Crippen LogP contribution in [0.25, 0.3) is 0 Å². The van der Waals surface area contributed by atoms with Crippen molar-refractivity contribution in [2.24, 2.45) is 11.7 Å². The van der Waals surface area contributed by atoms with Crippen LogP contribution in [0, 0.1) is 5.92 Å². The molecule has 1 heterocycles. The lowest BCUT2D eigenvalue weighted by molar-refractivity contribution is 0.123. The first-order valence-electron chi connectivity index (χ1n) is 7.50. The first-order chi connectivity index (χ1) is 9.67. The highest BCUT2D eigenvalue weighted by molar-refractivity contribution is 5.27. The van der Waals surface area contributed by atoms with Gasteiger partial charge in [-0.2, -0.15) is 0 Å². The van der Waals surface area contributed by atoms with Crippen molar-refractivity contribution in [3.05, 3.63) is 29.8 Å². The normalized spacial score (nSPS) is 18.9. The molecule has 0 saturated carbocycles. The fourth-order valence-electron chi connectivity index (χ4n) is 2.48. The zero-order valence-corrected chi connectivity index (χ0v) is 12.7. The molecule has 0 radical (unpaired) electrons. The van der Waals surface area contributed by atoms with Crippen molar-refractivity contribution in [3.8, 4) is 5.75 Å². The summed E-state index contributed by atoms with van der Waals surface area (Å²) in [6, 6.07) is 8.07. The van der Waals surface area contributed by atoms with Gasteiger partial charge in [-0.3, -0.25) is 0 Å². The van der Waals surface area contributed by atoms with E-state index in [1.54, 1.807) is 0 Å². The summed E-state index contributed by atoms with van der Waals surface area (Å²) in [6.45, 7) is 9.43. The van der Waals surface area contributed by atoms with Crippen LogP contribution in [-0.2, 0) is 6.54 Å². The number of nitrogens with zero attached hydrogens (tertiary/aromatic N) is 2. The second-order valence-electron chi connectivity index (χ2n) is 5.87. The van der Waals surface area contributed by atoms with Crippen molar-refractivity contribution < 1.29 is 4.74 Å². The summed E-state index contributed by atoms with van der Waals surface area (Å²) in [5, 5.41) is 0. The smallest absolute Gasteiger partial charge is 0.119 e. The third-order valence-corrected chi connectivity index (χ3v) is 3.86. The molecule has 0 aliphatic carbocycles. The summed E-state index contributed by atoms with van der Waals surface area (Å²) in [5.74, 6) is 1.49. The average Bonchev–Trinajstić information content (AvgIpc) is 2.48. The molecule has 2 rings (SSSR count). The highest BCUT2D eigenvalue weighted by Crippen LogP contribution is 2.13. The van der Waals surface area contributed by atoms with Gasteiger partial charge in [-0.15, -0.1) is 0 Å². The molecule has 1 unspecified atom stereocenters. The van der Waals surface area contributed by atoms with Crippen LogP contribution >= 0.6 is 0 Å². The molecule has 1 aromatic rings. The number of hydrogen-bond donors (Lipinski definition) is 1. The molecular weight excluding hydrogens is 250 g/mol. The predicted octanol–water partition coefficient (Wildman–Crippen LogP) is 1.41. The molecule has 1 atom stereocenters. The molecule has 1 fully saturated rings. The third kappa shape index (κ3) is 4.78. The van der Waals surface area contributed by atoms with Gasteiger partial charge in [-0.1, -0.05) is 19.1 Å². The van der Waals surface area contributed by atoms with Crippen molar-refractivity contribution in [2.45, 2.75) is 13.5 Å². The number of nitrogens with two attached hydrogens (primary N) is 1. The minimum atomic E-state index is 0.549. The minimum absolute atomic E-state index is 0.549. The third-order valence-electron chi connectivity index (χ3n) is 3.86. The van der Waals surface area contributed by atoms with E-state index in [2.05, 4.69) is 23.8 Å². The lowest BCUT2D eigenvalue weighted by Crippen LogP contribution is -2.46. The molecule has 112 valence electrons. The van der Waals surface area contributed by atoms with E-state index in [-0.39, 0.29) is 0 Å². The zero-order chi connectivity index (χ0) is 14.4. The average molecular weight is 277 g/mol. The van der Waals surface area contributed by atoms with Gasteiger partial charge in [-0.25, -0.2) is 0 Å². The monoisotopic (exact) mass is 277 g/mol. The molecule has 0 bridgehead atoms. The summed E-state index contributed by atoms with van der Waals surface area (Å²) in [4.78, 5) is 4.92. The number of likely N-dealkylation sites (N-methyl/N-ethyl adjacent to an activating group) is 1. The van der Waals surface area contributed by atoms with Crippen molar-refractivity contribution in [2.75, 3.05) is 46.4 Å². The molecule has 4 heteroatoms. The molecule has 4 nitrogen and oxygen atoms in total. The van der Waals surface area contributed by atoms with Gasteiger partial charge in [-0.05, 0) is 24.7 Å². The second kappa shape index (κ2) is 7.62. The largest absolute Gasteiger partial charge is 0.493 e. The van der Waals surface area contributed by atoms with Crippen LogP contribution < -0.4 is 10.5 Å². The standard InChI is InChI=1S/C16H27N3O/c1-14(12-19-9-7-18(2)8-10-19)13-20-16-5-3-15(11-17)4-6-16/h3-6,14H,7-13,17H2,1-2H3. The maximum absolute atomic E-state index is 5.85. The Morgan fingerprint density at radius 1 is 1.15 bits per heavy atom. The van der Waals surface area contributed by atoms with Crippen LogP contribution in [0.4, 0.5) is 0 Å². The molecule has 1 aliphatic heterocycles. The lowest BCUT2D eigenvalue weighted by Gasteiger charge is -2.33. The van der Waals surface area contributed by atoms with Crippen LogP contribution in [0.15, 0.2) is 24.3 Å². The van der Waals surface area contributed by atoms with E-state index >= 15 is 0 Å². The summed E-state index contributed by atoms with van der Waals surface area (Å²) in [6.07, 6.45) is 0. The Morgan fingerprint density at radius 3 is 2.40 bits per heavy atom. The van der Waals surface area contributed by atoms with Crippen molar-refractivity contribution in [3.63, 3.8) is 0 Å². The molecule has 20 heavy (non-hydrogen) atoms. The van der Waals surface area contributed by atoms with Gasteiger partial charge in [0, 0.05) is 45.2 Å². The van der Waals surface area contributed by atoms with E-state index in [9.17, 15) is 0 Å². The van der Waals surface area contributed by atoms with E-state index in [0.29, 0.717) is 12.5 Å². The summed E-state index contributed by atoms with van der Waals surface area (Å²) in [5.41, 5.74) is 6.73. The van der Waals surface area contributed by atoms with Crippen molar-refractivity contribution in [1.29, 1.82) is 0 Å². The van der Waals surface area contributed by atoms with Crippen LogP contribution in [-0.4, -0.2) is 56.2 Å². The second-order valence-corrected chi connectivity index (χ2v) is 5.87. The molecule has 0 aromatic heterocycles. The number of ether oxygens (including phenoxy) is 1. The van der Waals surface area contributed by atoms with Gasteiger partial charge in [0.15, 0.2) is 0 Å². The SMILES string of the molecule is CC(COc1ccc(CN)cc1)CN1CCN(C)CC1. The topological polar surface area (TPSA) is 41.7 Å². The van der Waals surface area contributed by atoms with Gasteiger partial charge in [0.1, 0.15) is 5.75 Å². The van der Waals surface area contributed by atoms with E-state index in [0.717, 1.165) is 24.5 Å². The van der Waals surface area contributed by atoms with E-state index in [1.807, 2.05) is 24.3 Å². The molecule has 2 N–H and O–H groups in total.